The highest BCUT2D eigenvalue weighted by atomic mass is 32.2. The van der Waals surface area contributed by atoms with Crippen LogP contribution in [0.25, 0.3) is 0 Å². The second-order valence-electron chi connectivity index (χ2n) is 4.50. The van der Waals surface area contributed by atoms with Gasteiger partial charge in [0.1, 0.15) is 0 Å². The molecule has 1 aliphatic rings. The fourth-order valence-electron chi connectivity index (χ4n) is 1.70. The van der Waals surface area contributed by atoms with E-state index in [9.17, 15) is 8.42 Å². The van der Waals surface area contributed by atoms with Crippen molar-refractivity contribution in [3.63, 3.8) is 0 Å². The molecule has 1 unspecified atom stereocenters. The molecule has 0 amide bonds. The molecule has 0 radical (unpaired) electrons. The number of nitrogens with one attached hydrogen (secondary N) is 2. The van der Waals surface area contributed by atoms with Crippen LogP contribution in [-0.2, 0) is 10.1 Å². The molecule has 1 aromatic carbocycles. The lowest BCUT2D eigenvalue weighted by Crippen LogP contribution is -2.46. The summed E-state index contributed by atoms with van der Waals surface area (Å²) in [6.07, 6.45) is 2.46. The minimum absolute atomic E-state index is 0.0666. The number of benzene rings is 1. The summed E-state index contributed by atoms with van der Waals surface area (Å²) >= 11 is 0. The second-order valence-corrected chi connectivity index (χ2v) is 5.92. The van der Waals surface area contributed by atoms with E-state index in [0.717, 1.165) is 18.7 Å². The van der Waals surface area contributed by atoms with Gasteiger partial charge in [-0.3, -0.25) is 15.8 Å². The van der Waals surface area contributed by atoms with E-state index in [0.29, 0.717) is 6.04 Å². The third kappa shape index (κ3) is 6.13. The van der Waals surface area contributed by atoms with Gasteiger partial charge >= 0.3 is 0 Å². The van der Waals surface area contributed by atoms with Crippen molar-refractivity contribution in [3.05, 3.63) is 29.8 Å². The zero-order valence-electron chi connectivity index (χ0n) is 11.0. The predicted molar refractivity (Wildman–Crippen MR) is 74.2 cm³/mol. The minimum Gasteiger partial charge on any atom is -0.315 e. The maximum absolute atomic E-state index is 10.5. The van der Waals surface area contributed by atoms with Crippen molar-refractivity contribution in [1.82, 2.24) is 10.7 Å². The molecule has 108 valence electrons. The van der Waals surface area contributed by atoms with Crippen LogP contribution in [0.1, 0.15) is 18.4 Å². The van der Waals surface area contributed by atoms with Crippen LogP contribution in [0.2, 0.25) is 0 Å². The maximum Gasteiger partial charge on any atom is 0.294 e. The molecule has 1 saturated heterocycles. The molecule has 0 saturated carbocycles. The Morgan fingerprint density at radius 3 is 2.37 bits per heavy atom. The summed E-state index contributed by atoms with van der Waals surface area (Å²) in [6.45, 7) is 4.02. The van der Waals surface area contributed by atoms with Gasteiger partial charge in [-0.05, 0) is 38.4 Å². The zero-order chi connectivity index (χ0) is 14.3. The van der Waals surface area contributed by atoms with Crippen LogP contribution in [0.4, 0.5) is 0 Å². The number of hydrogen-bond donors (Lipinski definition) is 4. The fourth-order valence-corrected chi connectivity index (χ4v) is 2.18. The van der Waals surface area contributed by atoms with Gasteiger partial charge in [-0.2, -0.15) is 8.42 Å². The summed E-state index contributed by atoms with van der Waals surface area (Å²) in [7, 11) is -4.02. The Morgan fingerprint density at radius 2 is 2.00 bits per heavy atom. The molecule has 5 N–H and O–H groups in total. The number of hydrazine groups is 1. The van der Waals surface area contributed by atoms with Gasteiger partial charge in [0.2, 0.25) is 0 Å². The molecule has 6 nitrogen and oxygen atoms in total. The molecule has 1 fully saturated rings. The third-order valence-electron chi connectivity index (χ3n) is 2.85. The lowest BCUT2D eigenvalue weighted by molar-refractivity contribution is 0.396. The number of rotatable bonds is 2. The molecule has 1 heterocycles. The van der Waals surface area contributed by atoms with Crippen LogP contribution >= 0.6 is 0 Å². The van der Waals surface area contributed by atoms with Crippen LogP contribution in [0.15, 0.2) is 29.2 Å². The van der Waals surface area contributed by atoms with Gasteiger partial charge in [0.05, 0.1) is 4.90 Å². The molecule has 19 heavy (non-hydrogen) atoms. The number of piperidine rings is 1. The Labute approximate surface area is 114 Å². The van der Waals surface area contributed by atoms with Gasteiger partial charge in [-0.1, -0.05) is 17.7 Å². The summed E-state index contributed by atoms with van der Waals surface area (Å²) < 4.78 is 29.6. The molecule has 1 atom stereocenters. The topological polar surface area (TPSA) is 104 Å². The highest BCUT2D eigenvalue weighted by Gasteiger charge is 2.09. The van der Waals surface area contributed by atoms with E-state index in [1.807, 2.05) is 6.92 Å². The Kier molecular flexibility index (Phi) is 6.40. The molecular formula is C12H21N3O3S. The first kappa shape index (κ1) is 16.1. The molecule has 7 heteroatoms. The standard InChI is InChI=1S/C7H8O3S.C5H13N3/c1-6-2-4-7(5-3-6)11(8,9)10;6-8-5-2-1-3-7-4-5/h2-5H,1H3,(H,8,9,10);5,7-8H,1-4,6H2. The van der Waals surface area contributed by atoms with Gasteiger partial charge in [-0.25, -0.2) is 0 Å². The average molecular weight is 287 g/mol. The molecule has 0 spiro atoms. The first-order valence-corrected chi connectivity index (χ1v) is 7.58. The summed E-state index contributed by atoms with van der Waals surface area (Å²) in [6, 6.07) is 6.49. The van der Waals surface area contributed by atoms with E-state index in [1.54, 1.807) is 12.1 Å². The molecule has 2 rings (SSSR count). The van der Waals surface area contributed by atoms with Gasteiger partial charge in [0, 0.05) is 12.6 Å². The first-order chi connectivity index (χ1) is 8.93. The predicted octanol–water partition coefficient (Wildman–Crippen LogP) is 0.443. The number of aryl methyl sites for hydroxylation is 1. The maximum atomic E-state index is 10.5. The minimum atomic E-state index is -4.02. The summed E-state index contributed by atoms with van der Waals surface area (Å²) in [5.74, 6) is 5.21. The molecule has 0 bridgehead atoms. The van der Waals surface area contributed by atoms with Crippen molar-refractivity contribution in [2.24, 2.45) is 5.84 Å². The summed E-state index contributed by atoms with van der Waals surface area (Å²) in [4.78, 5) is -0.0666. The lowest BCUT2D eigenvalue weighted by Gasteiger charge is -2.21. The van der Waals surface area contributed by atoms with Crippen molar-refractivity contribution in [2.75, 3.05) is 13.1 Å². The van der Waals surface area contributed by atoms with Gasteiger partial charge in [-0.15, -0.1) is 0 Å². The SMILES string of the molecule is Cc1ccc(S(=O)(=O)O)cc1.NNC1CCCNC1. The highest BCUT2D eigenvalue weighted by molar-refractivity contribution is 7.85. The van der Waals surface area contributed by atoms with Crippen molar-refractivity contribution in [3.8, 4) is 0 Å². The Hall–Kier alpha value is -0.990. The van der Waals surface area contributed by atoms with E-state index in [4.69, 9.17) is 10.4 Å². The third-order valence-corrected chi connectivity index (χ3v) is 3.72. The first-order valence-electron chi connectivity index (χ1n) is 6.14. The molecule has 0 aromatic heterocycles. The zero-order valence-corrected chi connectivity index (χ0v) is 11.8. The summed E-state index contributed by atoms with van der Waals surface area (Å²) in [5, 5.41) is 3.24. The van der Waals surface area contributed by atoms with E-state index >= 15 is 0 Å². The number of hydrogen-bond acceptors (Lipinski definition) is 5. The second kappa shape index (κ2) is 7.56. The van der Waals surface area contributed by atoms with Crippen molar-refractivity contribution in [1.29, 1.82) is 0 Å². The average Bonchev–Trinajstić information content (AvgIpc) is 2.40. The lowest BCUT2D eigenvalue weighted by atomic mass is 10.1. The molecular weight excluding hydrogens is 266 g/mol. The molecule has 0 aliphatic carbocycles. The Bertz CT molecular complexity index is 467. The quantitative estimate of drug-likeness (QED) is 0.357. The largest absolute Gasteiger partial charge is 0.315 e. The monoisotopic (exact) mass is 287 g/mol. The molecule has 1 aromatic rings. The van der Waals surface area contributed by atoms with Gasteiger partial charge in [0.15, 0.2) is 0 Å². The normalized spacial score (nSPS) is 19.4. The smallest absolute Gasteiger partial charge is 0.294 e. The number of nitrogens with two attached hydrogens (primary N) is 1. The fraction of sp³-hybridized carbons (Fsp3) is 0.500. The van der Waals surface area contributed by atoms with E-state index in [1.165, 1.54) is 25.0 Å². The van der Waals surface area contributed by atoms with Crippen LogP contribution in [0.5, 0.6) is 0 Å². The van der Waals surface area contributed by atoms with Gasteiger partial charge < -0.3 is 5.32 Å². The van der Waals surface area contributed by atoms with Crippen LogP contribution in [0.3, 0.4) is 0 Å². The van der Waals surface area contributed by atoms with Crippen molar-refractivity contribution < 1.29 is 13.0 Å². The summed E-state index contributed by atoms with van der Waals surface area (Å²) in [5.41, 5.74) is 3.70. The van der Waals surface area contributed by atoms with Crippen molar-refractivity contribution in [2.45, 2.75) is 30.7 Å². The van der Waals surface area contributed by atoms with E-state index in [2.05, 4.69) is 10.7 Å². The van der Waals surface area contributed by atoms with Crippen LogP contribution < -0.4 is 16.6 Å². The van der Waals surface area contributed by atoms with Gasteiger partial charge in [0.25, 0.3) is 10.1 Å². The molecule has 1 aliphatic heterocycles. The van der Waals surface area contributed by atoms with Crippen LogP contribution in [0, 0.1) is 6.92 Å². The Morgan fingerprint density at radius 1 is 1.37 bits per heavy atom. The Balaban J connectivity index is 0.000000200. The van der Waals surface area contributed by atoms with Crippen molar-refractivity contribution >= 4 is 10.1 Å². The highest BCUT2D eigenvalue weighted by Crippen LogP contribution is 2.08. The van der Waals surface area contributed by atoms with E-state index in [-0.39, 0.29) is 4.90 Å². The van der Waals surface area contributed by atoms with Crippen LogP contribution in [-0.4, -0.2) is 32.1 Å². The van der Waals surface area contributed by atoms with E-state index < -0.39 is 10.1 Å².